The molecule has 0 bridgehead atoms. The zero-order valence-corrected chi connectivity index (χ0v) is 11.0. The Labute approximate surface area is 104 Å². The molecule has 1 nitrogen and oxygen atoms in total. The lowest BCUT2D eigenvalue weighted by Crippen LogP contribution is -1.92. The summed E-state index contributed by atoms with van der Waals surface area (Å²) >= 11 is 0. The SMILES string of the molecule is CCCCCCC(C)c1c[nH]c2ccccc12. The van der Waals surface area contributed by atoms with Gasteiger partial charge >= 0.3 is 0 Å². The molecule has 0 aliphatic heterocycles. The lowest BCUT2D eigenvalue weighted by Gasteiger charge is -2.10. The normalized spacial score (nSPS) is 13.1. The summed E-state index contributed by atoms with van der Waals surface area (Å²) in [5.74, 6) is 0.669. The summed E-state index contributed by atoms with van der Waals surface area (Å²) in [7, 11) is 0. The van der Waals surface area contributed by atoms with Crippen molar-refractivity contribution >= 4 is 10.9 Å². The topological polar surface area (TPSA) is 15.8 Å². The first-order chi connectivity index (χ1) is 8.33. The molecule has 0 aliphatic carbocycles. The minimum absolute atomic E-state index is 0.669. The molecule has 0 aliphatic rings. The van der Waals surface area contributed by atoms with Gasteiger partial charge in [-0.3, -0.25) is 0 Å². The summed E-state index contributed by atoms with van der Waals surface area (Å²) in [4.78, 5) is 3.37. The molecule has 2 aromatic rings. The number of fused-ring (bicyclic) bond motifs is 1. The van der Waals surface area contributed by atoms with Crippen molar-refractivity contribution in [3.63, 3.8) is 0 Å². The van der Waals surface area contributed by atoms with Gasteiger partial charge in [0, 0.05) is 17.1 Å². The van der Waals surface area contributed by atoms with E-state index < -0.39 is 0 Å². The van der Waals surface area contributed by atoms with Gasteiger partial charge in [0.1, 0.15) is 0 Å². The molecule has 0 saturated carbocycles. The molecular formula is C16H23N. The van der Waals surface area contributed by atoms with Crippen molar-refractivity contribution in [3.05, 3.63) is 36.0 Å². The number of unbranched alkanes of at least 4 members (excludes halogenated alkanes) is 3. The summed E-state index contributed by atoms with van der Waals surface area (Å²) < 4.78 is 0. The predicted molar refractivity (Wildman–Crippen MR) is 75.5 cm³/mol. The molecule has 0 amide bonds. The Morgan fingerprint density at radius 2 is 1.94 bits per heavy atom. The number of aromatic amines is 1. The van der Waals surface area contributed by atoms with E-state index in [0.29, 0.717) is 5.92 Å². The average Bonchev–Trinajstić information content (AvgIpc) is 2.78. The number of benzene rings is 1. The highest BCUT2D eigenvalue weighted by Gasteiger charge is 2.10. The van der Waals surface area contributed by atoms with Gasteiger partial charge in [-0.05, 0) is 24.0 Å². The third-order valence-electron chi connectivity index (χ3n) is 3.64. The Kier molecular flexibility index (Phi) is 4.24. The standard InChI is InChI=1S/C16H23N/c1-3-4-5-6-9-13(2)15-12-17-16-11-8-7-10-14(15)16/h7-8,10-13,17H,3-6,9H2,1-2H3. The first kappa shape index (κ1) is 12.2. The van der Waals surface area contributed by atoms with Crippen LogP contribution in [0.1, 0.15) is 57.4 Å². The second-order valence-electron chi connectivity index (χ2n) is 5.04. The number of H-pyrrole nitrogens is 1. The highest BCUT2D eigenvalue weighted by atomic mass is 14.7. The van der Waals surface area contributed by atoms with Crippen LogP contribution < -0.4 is 0 Å². The van der Waals surface area contributed by atoms with Gasteiger partial charge in [-0.2, -0.15) is 0 Å². The highest BCUT2D eigenvalue weighted by Crippen LogP contribution is 2.28. The third-order valence-corrected chi connectivity index (χ3v) is 3.64. The van der Waals surface area contributed by atoms with Crippen molar-refractivity contribution in [1.29, 1.82) is 0 Å². The summed E-state index contributed by atoms with van der Waals surface area (Å²) in [6.45, 7) is 4.62. The molecular weight excluding hydrogens is 206 g/mol. The minimum atomic E-state index is 0.669. The zero-order valence-electron chi connectivity index (χ0n) is 11.0. The van der Waals surface area contributed by atoms with Gasteiger partial charge in [-0.1, -0.05) is 57.7 Å². The van der Waals surface area contributed by atoms with Gasteiger partial charge in [0.15, 0.2) is 0 Å². The van der Waals surface area contributed by atoms with E-state index in [2.05, 4.69) is 49.3 Å². The van der Waals surface area contributed by atoms with E-state index in [0.717, 1.165) is 0 Å². The second kappa shape index (κ2) is 5.90. The number of aromatic nitrogens is 1. The number of para-hydroxylation sites is 1. The van der Waals surface area contributed by atoms with Crippen LogP contribution in [0.2, 0.25) is 0 Å². The molecule has 1 N–H and O–H groups in total. The maximum Gasteiger partial charge on any atom is 0.0456 e. The Balaban J connectivity index is 2.01. The van der Waals surface area contributed by atoms with Crippen molar-refractivity contribution < 1.29 is 0 Å². The lowest BCUT2D eigenvalue weighted by atomic mass is 9.94. The van der Waals surface area contributed by atoms with E-state index in [4.69, 9.17) is 0 Å². The number of hydrogen-bond acceptors (Lipinski definition) is 0. The van der Waals surface area contributed by atoms with E-state index in [1.165, 1.54) is 48.6 Å². The minimum Gasteiger partial charge on any atom is -0.361 e. The second-order valence-corrected chi connectivity index (χ2v) is 5.04. The largest absolute Gasteiger partial charge is 0.361 e. The third kappa shape index (κ3) is 2.91. The van der Waals surface area contributed by atoms with E-state index in [1.54, 1.807) is 0 Å². The number of nitrogens with one attached hydrogen (secondary N) is 1. The van der Waals surface area contributed by atoms with E-state index in [1.807, 2.05) is 0 Å². The van der Waals surface area contributed by atoms with Gasteiger partial charge in [0.05, 0.1) is 0 Å². The molecule has 1 unspecified atom stereocenters. The Morgan fingerprint density at radius 1 is 1.12 bits per heavy atom. The first-order valence-electron chi connectivity index (χ1n) is 6.89. The molecule has 1 atom stereocenters. The van der Waals surface area contributed by atoms with Crippen LogP contribution in [-0.4, -0.2) is 4.98 Å². The van der Waals surface area contributed by atoms with Crippen molar-refractivity contribution in [1.82, 2.24) is 4.98 Å². The quantitative estimate of drug-likeness (QED) is 0.652. The molecule has 17 heavy (non-hydrogen) atoms. The molecule has 1 aromatic heterocycles. The number of hydrogen-bond donors (Lipinski definition) is 1. The Bertz CT molecular complexity index is 455. The average molecular weight is 229 g/mol. The first-order valence-corrected chi connectivity index (χ1v) is 6.89. The Hall–Kier alpha value is -1.24. The lowest BCUT2D eigenvalue weighted by molar-refractivity contribution is 0.582. The smallest absolute Gasteiger partial charge is 0.0456 e. The molecule has 1 heteroatoms. The maximum absolute atomic E-state index is 3.37. The molecule has 0 spiro atoms. The molecule has 1 heterocycles. The van der Waals surface area contributed by atoms with Crippen molar-refractivity contribution in [2.24, 2.45) is 0 Å². The van der Waals surface area contributed by atoms with Crippen molar-refractivity contribution in [2.75, 3.05) is 0 Å². The van der Waals surface area contributed by atoms with E-state index >= 15 is 0 Å². The fourth-order valence-corrected chi connectivity index (χ4v) is 2.53. The number of rotatable bonds is 6. The summed E-state index contributed by atoms with van der Waals surface area (Å²) in [6, 6.07) is 8.60. The molecule has 2 rings (SSSR count). The van der Waals surface area contributed by atoms with Crippen LogP contribution in [0, 0.1) is 0 Å². The summed E-state index contributed by atoms with van der Waals surface area (Å²) in [5.41, 5.74) is 2.75. The van der Waals surface area contributed by atoms with Gasteiger partial charge in [-0.15, -0.1) is 0 Å². The molecule has 1 aromatic carbocycles. The predicted octanol–water partition coefficient (Wildman–Crippen LogP) is 5.24. The van der Waals surface area contributed by atoms with Gasteiger partial charge in [-0.25, -0.2) is 0 Å². The van der Waals surface area contributed by atoms with Gasteiger partial charge in [0.25, 0.3) is 0 Å². The Morgan fingerprint density at radius 3 is 2.76 bits per heavy atom. The molecule has 0 radical (unpaired) electrons. The fraction of sp³-hybridized carbons (Fsp3) is 0.500. The van der Waals surface area contributed by atoms with Gasteiger partial charge in [0.2, 0.25) is 0 Å². The van der Waals surface area contributed by atoms with Crippen molar-refractivity contribution in [2.45, 2.75) is 51.9 Å². The zero-order chi connectivity index (χ0) is 12.1. The highest BCUT2D eigenvalue weighted by molar-refractivity contribution is 5.83. The van der Waals surface area contributed by atoms with Crippen LogP contribution in [0.15, 0.2) is 30.5 Å². The van der Waals surface area contributed by atoms with Crippen LogP contribution in [0.5, 0.6) is 0 Å². The van der Waals surface area contributed by atoms with Crippen LogP contribution in [-0.2, 0) is 0 Å². The summed E-state index contributed by atoms with van der Waals surface area (Å²) in [6.07, 6.45) is 8.93. The van der Waals surface area contributed by atoms with Crippen LogP contribution in [0.4, 0.5) is 0 Å². The van der Waals surface area contributed by atoms with E-state index in [9.17, 15) is 0 Å². The van der Waals surface area contributed by atoms with Crippen LogP contribution in [0.25, 0.3) is 10.9 Å². The van der Waals surface area contributed by atoms with E-state index in [-0.39, 0.29) is 0 Å². The monoisotopic (exact) mass is 229 g/mol. The molecule has 92 valence electrons. The fourth-order valence-electron chi connectivity index (χ4n) is 2.53. The molecule has 0 fully saturated rings. The summed E-state index contributed by atoms with van der Waals surface area (Å²) in [5, 5.41) is 1.40. The molecule has 0 saturated heterocycles. The van der Waals surface area contributed by atoms with Crippen LogP contribution >= 0.6 is 0 Å². The van der Waals surface area contributed by atoms with Crippen LogP contribution in [0.3, 0.4) is 0 Å². The maximum atomic E-state index is 3.37. The van der Waals surface area contributed by atoms with Gasteiger partial charge < -0.3 is 4.98 Å². The van der Waals surface area contributed by atoms with Crippen molar-refractivity contribution in [3.8, 4) is 0 Å².